The second-order valence-electron chi connectivity index (χ2n) is 6.40. The van der Waals surface area contributed by atoms with Gasteiger partial charge in [0.2, 0.25) is 5.88 Å². The lowest BCUT2D eigenvalue weighted by atomic mass is 10.1. The molecule has 1 fully saturated rings. The first-order valence-electron chi connectivity index (χ1n) is 8.42. The molecular formula is C17H21N5O2. The Balaban J connectivity index is 1.32. The number of nitrogens with one attached hydrogen (secondary N) is 3. The molecule has 0 bridgehead atoms. The molecule has 3 heterocycles. The maximum absolute atomic E-state index is 12.3. The van der Waals surface area contributed by atoms with Crippen molar-refractivity contribution < 1.29 is 9.53 Å². The molecule has 0 aromatic carbocycles. The molecule has 1 aliphatic carbocycles. The quantitative estimate of drug-likeness (QED) is 0.741. The van der Waals surface area contributed by atoms with Crippen molar-refractivity contribution in [3.05, 3.63) is 40.8 Å². The summed E-state index contributed by atoms with van der Waals surface area (Å²) in [4.78, 5) is 16.6. The van der Waals surface area contributed by atoms with E-state index in [9.17, 15) is 4.79 Å². The van der Waals surface area contributed by atoms with Crippen LogP contribution in [0.1, 0.15) is 40.2 Å². The maximum Gasteiger partial charge on any atom is 0.272 e. The van der Waals surface area contributed by atoms with Crippen molar-refractivity contribution in [1.82, 2.24) is 25.8 Å². The zero-order chi connectivity index (χ0) is 16.4. The minimum Gasteiger partial charge on any atom is -0.477 e. The third kappa shape index (κ3) is 3.41. The molecule has 2 aliphatic rings. The third-order valence-corrected chi connectivity index (χ3v) is 4.44. The van der Waals surface area contributed by atoms with Gasteiger partial charge >= 0.3 is 0 Å². The molecule has 0 saturated heterocycles. The lowest BCUT2D eigenvalue weighted by Gasteiger charge is -2.12. The second kappa shape index (κ2) is 6.60. The zero-order valence-corrected chi connectivity index (χ0v) is 13.5. The summed E-state index contributed by atoms with van der Waals surface area (Å²) in [6, 6.07) is 3.78. The molecular weight excluding hydrogens is 306 g/mol. The standard InChI is InChI=1S/C17H21N5O2/c23-17(16-13-9-18-6-5-14(13)21-22-16)20-8-12-3-4-15(19-7-12)24-10-11-1-2-11/h3-4,7,11,18H,1-2,5-6,8-10H2,(H,20,23)(H,21,22). The van der Waals surface area contributed by atoms with Gasteiger partial charge in [0.15, 0.2) is 5.69 Å². The Morgan fingerprint density at radius 2 is 2.29 bits per heavy atom. The molecule has 0 atom stereocenters. The number of H-pyrrole nitrogens is 1. The number of aromatic amines is 1. The molecule has 3 N–H and O–H groups in total. The van der Waals surface area contributed by atoms with Gasteiger partial charge in [0.05, 0.1) is 6.61 Å². The van der Waals surface area contributed by atoms with E-state index in [2.05, 4.69) is 25.8 Å². The monoisotopic (exact) mass is 327 g/mol. The van der Waals surface area contributed by atoms with Crippen molar-refractivity contribution in [2.75, 3.05) is 13.2 Å². The summed E-state index contributed by atoms with van der Waals surface area (Å²) in [6.45, 7) is 2.77. The molecule has 7 nitrogen and oxygen atoms in total. The van der Waals surface area contributed by atoms with Crippen LogP contribution in [0.5, 0.6) is 5.88 Å². The van der Waals surface area contributed by atoms with Crippen molar-refractivity contribution in [2.24, 2.45) is 5.92 Å². The Morgan fingerprint density at radius 1 is 1.38 bits per heavy atom. The first kappa shape index (κ1) is 15.1. The summed E-state index contributed by atoms with van der Waals surface area (Å²) in [7, 11) is 0. The Bertz CT molecular complexity index is 721. The number of carbonyl (C=O) groups excluding carboxylic acids is 1. The average Bonchev–Trinajstić information content (AvgIpc) is 3.36. The number of amides is 1. The maximum atomic E-state index is 12.3. The van der Waals surface area contributed by atoms with Crippen LogP contribution in [0, 0.1) is 5.92 Å². The number of fused-ring (bicyclic) bond motifs is 1. The fourth-order valence-corrected chi connectivity index (χ4v) is 2.77. The predicted octanol–water partition coefficient (Wildman–Crippen LogP) is 1.17. The van der Waals surface area contributed by atoms with Crippen molar-refractivity contribution in [3.8, 4) is 5.88 Å². The summed E-state index contributed by atoms with van der Waals surface area (Å²) >= 11 is 0. The largest absolute Gasteiger partial charge is 0.477 e. The first-order valence-corrected chi connectivity index (χ1v) is 8.42. The van der Waals surface area contributed by atoms with Gasteiger partial charge in [-0.05, 0) is 24.3 Å². The summed E-state index contributed by atoms with van der Waals surface area (Å²) in [5.41, 5.74) is 3.44. The summed E-state index contributed by atoms with van der Waals surface area (Å²) in [5.74, 6) is 1.19. The molecule has 0 unspecified atom stereocenters. The zero-order valence-electron chi connectivity index (χ0n) is 13.5. The number of pyridine rings is 1. The van der Waals surface area contributed by atoms with Gasteiger partial charge < -0.3 is 15.4 Å². The molecule has 1 amide bonds. The first-order chi connectivity index (χ1) is 11.8. The van der Waals surface area contributed by atoms with Crippen LogP contribution in [-0.2, 0) is 19.5 Å². The highest BCUT2D eigenvalue weighted by atomic mass is 16.5. The van der Waals surface area contributed by atoms with Crippen molar-refractivity contribution in [2.45, 2.75) is 32.4 Å². The van der Waals surface area contributed by atoms with E-state index < -0.39 is 0 Å². The van der Waals surface area contributed by atoms with E-state index in [4.69, 9.17) is 4.74 Å². The van der Waals surface area contributed by atoms with Gasteiger partial charge in [-0.25, -0.2) is 4.98 Å². The predicted molar refractivity (Wildman–Crippen MR) is 87.6 cm³/mol. The number of nitrogens with zero attached hydrogens (tertiary/aromatic N) is 2. The van der Waals surface area contributed by atoms with Crippen LogP contribution in [0.3, 0.4) is 0 Å². The molecule has 7 heteroatoms. The van der Waals surface area contributed by atoms with E-state index in [1.165, 1.54) is 12.8 Å². The van der Waals surface area contributed by atoms with Gasteiger partial charge in [0.25, 0.3) is 5.91 Å². The van der Waals surface area contributed by atoms with E-state index in [1.54, 1.807) is 6.20 Å². The number of ether oxygens (including phenoxy) is 1. The molecule has 4 rings (SSSR count). The van der Waals surface area contributed by atoms with Crippen LogP contribution in [0.25, 0.3) is 0 Å². The number of hydrogen-bond donors (Lipinski definition) is 3. The van der Waals surface area contributed by atoms with Crippen LogP contribution in [0.2, 0.25) is 0 Å². The fourth-order valence-electron chi connectivity index (χ4n) is 2.77. The number of aromatic nitrogens is 3. The van der Waals surface area contributed by atoms with Gasteiger partial charge in [0, 0.05) is 49.6 Å². The van der Waals surface area contributed by atoms with Crippen LogP contribution in [-0.4, -0.2) is 34.2 Å². The normalized spacial score (nSPS) is 16.5. The molecule has 126 valence electrons. The molecule has 0 radical (unpaired) electrons. The lowest BCUT2D eigenvalue weighted by Crippen LogP contribution is -2.28. The van der Waals surface area contributed by atoms with Crippen molar-refractivity contribution >= 4 is 5.91 Å². The van der Waals surface area contributed by atoms with Crippen molar-refractivity contribution in [1.29, 1.82) is 0 Å². The molecule has 0 spiro atoms. The number of hydrogen-bond acceptors (Lipinski definition) is 5. The fraction of sp³-hybridized carbons (Fsp3) is 0.471. The molecule has 1 saturated carbocycles. The second-order valence-corrected chi connectivity index (χ2v) is 6.40. The van der Waals surface area contributed by atoms with E-state index in [0.29, 0.717) is 30.6 Å². The van der Waals surface area contributed by atoms with Crippen molar-refractivity contribution in [3.63, 3.8) is 0 Å². The lowest BCUT2D eigenvalue weighted by molar-refractivity contribution is 0.0944. The van der Waals surface area contributed by atoms with Gasteiger partial charge in [-0.15, -0.1) is 0 Å². The van der Waals surface area contributed by atoms with Crippen LogP contribution in [0.4, 0.5) is 0 Å². The Kier molecular flexibility index (Phi) is 4.17. The molecule has 24 heavy (non-hydrogen) atoms. The minimum absolute atomic E-state index is 0.162. The van der Waals surface area contributed by atoms with Gasteiger partial charge in [-0.3, -0.25) is 9.89 Å². The highest BCUT2D eigenvalue weighted by molar-refractivity contribution is 5.93. The SMILES string of the molecule is O=C(NCc1ccc(OCC2CC2)nc1)c1n[nH]c2c1CNCC2. The van der Waals surface area contributed by atoms with Gasteiger partial charge in [0.1, 0.15) is 0 Å². The Labute approximate surface area is 140 Å². The number of rotatable bonds is 6. The van der Waals surface area contributed by atoms with Crippen LogP contribution in [0.15, 0.2) is 18.3 Å². The highest BCUT2D eigenvalue weighted by Gasteiger charge is 2.22. The molecule has 2 aromatic heterocycles. The van der Waals surface area contributed by atoms with Crippen LogP contribution >= 0.6 is 0 Å². The number of carbonyl (C=O) groups is 1. The van der Waals surface area contributed by atoms with Crippen LogP contribution < -0.4 is 15.4 Å². The minimum atomic E-state index is -0.162. The Morgan fingerprint density at radius 3 is 3.08 bits per heavy atom. The van der Waals surface area contributed by atoms with Gasteiger partial charge in [-0.2, -0.15) is 5.10 Å². The topological polar surface area (TPSA) is 91.9 Å². The molecule has 2 aromatic rings. The highest BCUT2D eigenvalue weighted by Crippen LogP contribution is 2.29. The van der Waals surface area contributed by atoms with E-state index in [0.717, 1.165) is 36.4 Å². The smallest absolute Gasteiger partial charge is 0.272 e. The van der Waals surface area contributed by atoms with E-state index in [-0.39, 0.29) is 5.91 Å². The summed E-state index contributed by atoms with van der Waals surface area (Å²) in [6.07, 6.45) is 5.14. The summed E-state index contributed by atoms with van der Waals surface area (Å²) in [5, 5.41) is 13.3. The van der Waals surface area contributed by atoms with Gasteiger partial charge in [-0.1, -0.05) is 6.07 Å². The average molecular weight is 327 g/mol. The van der Waals surface area contributed by atoms with E-state index in [1.807, 2.05) is 12.1 Å². The third-order valence-electron chi connectivity index (χ3n) is 4.44. The van der Waals surface area contributed by atoms with E-state index >= 15 is 0 Å². The molecule has 1 aliphatic heterocycles. The summed E-state index contributed by atoms with van der Waals surface area (Å²) < 4.78 is 5.61. The Hall–Kier alpha value is -2.41.